The van der Waals surface area contributed by atoms with Crippen LogP contribution in [0.25, 0.3) is 0 Å². The van der Waals surface area contributed by atoms with Crippen molar-refractivity contribution < 1.29 is 0 Å². The van der Waals surface area contributed by atoms with E-state index in [2.05, 4.69) is 61.1 Å². The fourth-order valence-electron chi connectivity index (χ4n) is 2.77. The highest BCUT2D eigenvalue weighted by Gasteiger charge is 2.24. The molecular weight excluding hydrogens is 234 g/mol. The molecule has 1 atom stereocenters. The lowest BCUT2D eigenvalue weighted by Crippen LogP contribution is -2.24. The molecule has 0 saturated carbocycles. The molecule has 0 saturated heterocycles. The molecule has 0 radical (unpaired) electrons. The van der Waals surface area contributed by atoms with Crippen LogP contribution in [0.15, 0.2) is 30.3 Å². The van der Waals surface area contributed by atoms with Gasteiger partial charge in [0, 0.05) is 12.6 Å². The quantitative estimate of drug-likeness (QED) is 0.886. The molecule has 3 heteroatoms. The van der Waals surface area contributed by atoms with Crippen LogP contribution >= 0.6 is 0 Å². The lowest BCUT2D eigenvalue weighted by atomic mass is 9.98. The van der Waals surface area contributed by atoms with E-state index in [1.54, 1.807) is 0 Å². The monoisotopic (exact) mass is 255 g/mol. The van der Waals surface area contributed by atoms with Gasteiger partial charge < -0.3 is 5.32 Å². The van der Waals surface area contributed by atoms with Crippen molar-refractivity contribution in [1.82, 2.24) is 9.78 Å². The maximum Gasteiger partial charge on any atom is 0.125 e. The van der Waals surface area contributed by atoms with E-state index in [1.165, 1.54) is 16.8 Å². The fourth-order valence-corrected chi connectivity index (χ4v) is 2.77. The largest absolute Gasteiger partial charge is 0.370 e. The standard InChI is InChI=1S/C16H21N3/c1-11(2)14-10-16-17-9-8-15(19(16)18-14)13-7-5-4-6-12(13)3/h4-7,10-11,15,17H,8-9H2,1-3H3. The SMILES string of the molecule is Cc1ccccc1C1CCNc2cc(C(C)C)nn21. The lowest BCUT2D eigenvalue weighted by molar-refractivity contribution is 0.474. The van der Waals surface area contributed by atoms with Crippen molar-refractivity contribution >= 4 is 5.82 Å². The van der Waals surface area contributed by atoms with Gasteiger partial charge in [-0.25, -0.2) is 4.68 Å². The zero-order valence-corrected chi connectivity index (χ0v) is 11.9. The Labute approximate surface area is 114 Å². The second-order valence-electron chi connectivity index (χ2n) is 5.64. The molecule has 0 amide bonds. The summed E-state index contributed by atoms with van der Waals surface area (Å²) in [6.45, 7) is 7.58. The van der Waals surface area contributed by atoms with Crippen LogP contribution in [-0.4, -0.2) is 16.3 Å². The highest BCUT2D eigenvalue weighted by Crippen LogP contribution is 2.32. The Bertz CT molecular complexity index is 583. The molecule has 2 heterocycles. The van der Waals surface area contributed by atoms with Gasteiger partial charge in [-0.3, -0.25) is 0 Å². The number of anilines is 1. The average molecular weight is 255 g/mol. The molecule has 1 aromatic heterocycles. The number of nitrogens with one attached hydrogen (secondary N) is 1. The van der Waals surface area contributed by atoms with Crippen molar-refractivity contribution in [2.45, 2.75) is 39.2 Å². The molecule has 0 fully saturated rings. The second kappa shape index (κ2) is 4.72. The Balaban J connectivity index is 2.05. The molecule has 2 aromatic rings. The average Bonchev–Trinajstić information content (AvgIpc) is 2.83. The van der Waals surface area contributed by atoms with Crippen LogP contribution < -0.4 is 5.32 Å². The van der Waals surface area contributed by atoms with Gasteiger partial charge in [0.15, 0.2) is 0 Å². The van der Waals surface area contributed by atoms with E-state index in [0.717, 1.165) is 18.8 Å². The summed E-state index contributed by atoms with van der Waals surface area (Å²) in [7, 11) is 0. The normalized spacial score (nSPS) is 18.2. The summed E-state index contributed by atoms with van der Waals surface area (Å²) in [6.07, 6.45) is 1.09. The summed E-state index contributed by atoms with van der Waals surface area (Å²) in [5.74, 6) is 1.63. The molecule has 1 N–H and O–H groups in total. The van der Waals surface area contributed by atoms with E-state index in [1.807, 2.05) is 0 Å². The van der Waals surface area contributed by atoms with Gasteiger partial charge in [-0.2, -0.15) is 5.10 Å². The van der Waals surface area contributed by atoms with Gasteiger partial charge in [-0.1, -0.05) is 38.1 Å². The first kappa shape index (κ1) is 12.3. The predicted octanol–water partition coefficient (Wildman–Crippen LogP) is 3.72. The minimum atomic E-state index is 0.366. The number of aromatic nitrogens is 2. The van der Waals surface area contributed by atoms with Gasteiger partial charge in [-0.15, -0.1) is 0 Å². The van der Waals surface area contributed by atoms with Crippen molar-refractivity contribution in [3.8, 4) is 0 Å². The number of aryl methyl sites for hydroxylation is 1. The van der Waals surface area contributed by atoms with E-state index < -0.39 is 0 Å². The van der Waals surface area contributed by atoms with Crippen molar-refractivity contribution in [3.05, 3.63) is 47.2 Å². The molecule has 1 unspecified atom stereocenters. The molecular formula is C16H21N3. The van der Waals surface area contributed by atoms with Gasteiger partial charge in [0.1, 0.15) is 5.82 Å². The van der Waals surface area contributed by atoms with Crippen LogP contribution in [-0.2, 0) is 0 Å². The van der Waals surface area contributed by atoms with Crippen molar-refractivity contribution in [1.29, 1.82) is 0 Å². The minimum absolute atomic E-state index is 0.366. The van der Waals surface area contributed by atoms with E-state index in [-0.39, 0.29) is 0 Å². The van der Waals surface area contributed by atoms with Crippen LogP contribution in [0, 0.1) is 6.92 Å². The summed E-state index contributed by atoms with van der Waals surface area (Å²) in [4.78, 5) is 0. The maximum absolute atomic E-state index is 4.80. The Morgan fingerprint density at radius 3 is 2.84 bits per heavy atom. The third kappa shape index (κ3) is 2.14. The van der Waals surface area contributed by atoms with Crippen molar-refractivity contribution in [2.75, 3.05) is 11.9 Å². The van der Waals surface area contributed by atoms with E-state index in [0.29, 0.717) is 12.0 Å². The van der Waals surface area contributed by atoms with Gasteiger partial charge in [0.25, 0.3) is 0 Å². The van der Waals surface area contributed by atoms with Crippen LogP contribution in [0.5, 0.6) is 0 Å². The van der Waals surface area contributed by atoms with E-state index in [9.17, 15) is 0 Å². The summed E-state index contributed by atoms with van der Waals surface area (Å²) in [5.41, 5.74) is 3.91. The maximum atomic E-state index is 4.80. The highest BCUT2D eigenvalue weighted by molar-refractivity contribution is 5.43. The van der Waals surface area contributed by atoms with Gasteiger partial charge in [-0.05, 0) is 30.4 Å². The molecule has 0 aliphatic carbocycles. The first-order valence-corrected chi connectivity index (χ1v) is 7.05. The molecule has 1 aromatic carbocycles. The number of rotatable bonds is 2. The fraction of sp³-hybridized carbons (Fsp3) is 0.438. The minimum Gasteiger partial charge on any atom is -0.370 e. The summed E-state index contributed by atoms with van der Waals surface area (Å²) in [6, 6.07) is 11.2. The summed E-state index contributed by atoms with van der Waals surface area (Å²) >= 11 is 0. The van der Waals surface area contributed by atoms with Gasteiger partial charge in [0.2, 0.25) is 0 Å². The Kier molecular flexibility index (Phi) is 3.05. The number of hydrogen-bond donors (Lipinski definition) is 1. The number of fused-ring (bicyclic) bond motifs is 1. The summed E-state index contributed by atoms with van der Waals surface area (Å²) < 4.78 is 2.17. The molecule has 0 spiro atoms. The Hall–Kier alpha value is -1.77. The first-order valence-electron chi connectivity index (χ1n) is 7.05. The number of hydrogen-bond acceptors (Lipinski definition) is 2. The third-order valence-corrected chi connectivity index (χ3v) is 3.91. The zero-order valence-electron chi connectivity index (χ0n) is 11.9. The molecule has 100 valence electrons. The number of nitrogens with zero attached hydrogens (tertiary/aromatic N) is 2. The van der Waals surface area contributed by atoms with Crippen molar-refractivity contribution in [2.24, 2.45) is 0 Å². The Morgan fingerprint density at radius 1 is 1.32 bits per heavy atom. The van der Waals surface area contributed by atoms with Gasteiger partial charge in [0.05, 0.1) is 11.7 Å². The zero-order chi connectivity index (χ0) is 13.4. The first-order chi connectivity index (χ1) is 9.16. The van der Waals surface area contributed by atoms with E-state index in [4.69, 9.17) is 5.10 Å². The molecule has 0 bridgehead atoms. The van der Waals surface area contributed by atoms with Crippen molar-refractivity contribution in [3.63, 3.8) is 0 Å². The molecule has 3 rings (SSSR count). The van der Waals surface area contributed by atoms with Crippen LogP contribution in [0.4, 0.5) is 5.82 Å². The van der Waals surface area contributed by atoms with E-state index >= 15 is 0 Å². The predicted molar refractivity (Wildman–Crippen MR) is 78.7 cm³/mol. The molecule has 1 aliphatic rings. The second-order valence-corrected chi connectivity index (χ2v) is 5.64. The third-order valence-electron chi connectivity index (χ3n) is 3.91. The van der Waals surface area contributed by atoms with Crippen LogP contribution in [0.1, 0.15) is 49.0 Å². The smallest absolute Gasteiger partial charge is 0.125 e. The molecule has 3 nitrogen and oxygen atoms in total. The van der Waals surface area contributed by atoms with Gasteiger partial charge >= 0.3 is 0 Å². The summed E-state index contributed by atoms with van der Waals surface area (Å²) in [5, 5.41) is 8.26. The Morgan fingerprint density at radius 2 is 2.11 bits per heavy atom. The topological polar surface area (TPSA) is 29.9 Å². The van der Waals surface area contributed by atoms with Crippen LogP contribution in [0.3, 0.4) is 0 Å². The van der Waals surface area contributed by atoms with Crippen LogP contribution in [0.2, 0.25) is 0 Å². The number of benzene rings is 1. The molecule has 1 aliphatic heterocycles. The lowest BCUT2D eigenvalue weighted by Gasteiger charge is -2.27. The molecule has 19 heavy (non-hydrogen) atoms. The highest BCUT2D eigenvalue weighted by atomic mass is 15.4.